The molecule has 1 atom stereocenters. The average Bonchev–Trinajstić information content (AvgIpc) is 2.67. The Bertz CT molecular complexity index is 670. The summed E-state index contributed by atoms with van der Waals surface area (Å²) in [6, 6.07) is 5.94. The zero-order valence-electron chi connectivity index (χ0n) is 10.0. The van der Waals surface area contributed by atoms with Crippen LogP contribution >= 0.6 is 11.6 Å². The number of rotatable bonds is 4. The minimum atomic E-state index is -3.64. The third kappa shape index (κ3) is 3.92. The molecule has 1 aromatic carbocycles. The monoisotopic (exact) mass is 323 g/mol. The van der Waals surface area contributed by atoms with Crippen molar-refractivity contribution in [3.8, 4) is 0 Å². The zero-order chi connectivity index (χ0) is 14.1. The van der Waals surface area contributed by atoms with Crippen LogP contribution in [0, 0.1) is 5.92 Å². The smallest absolute Gasteiger partial charge is 0.229 e. The molecule has 1 heterocycles. The lowest BCUT2D eigenvalue weighted by atomic mass is 10.1. The summed E-state index contributed by atoms with van der Waals surface area (Å²) >= 11 is 5.74. The number of hydrogen-bond donors (Lipinski definition) is 1. The van der Waals surface area contributed by atoms with E-state index < -0.39 is 19.9 Å². The lowest BCUT2D eigenvalue weighted by Gasteiger charge is -2.10. The van der Waals surface area contributed by atoms with Crippen molar-refractivity contribution in [3.05, 3.63) is 29.3 Å². The summed E-state index contributed by atoms with van der Waals surface area (Å²) in [7, 11) is -6.63. The number of sulfonamides is 1. The van der Waals surface area contributed by atoms with Crippen molar-refractivity contribution >= 4 is 31.5 Å². The predicted molar refractivity (Wildman–Crippen MR) is 73.4 cm³/mol. The fourth-order valence-corrected chi connectivity index (χ4v) is 5.26. The van der Waals surface area contributed by atoms with E-state index in [0.29, 0.717) is 11.4 Å². The summed E-state index contributed by atoms with van der Waals surface area (Å²) < 4.78 is 49.0. The molecule has 106 valence electrons. The van der Waals surface area contributed by atoms with Gasteiger partial charge in [0.1, 0.15) is 0 Å². The molecule has 1 saturated heterocycles. The Hall–Kier alpha value is -0.630. The average molecular weight is 324 g/mol. The van der Waals surface area contributed by atoms with Gasteiger partial charge in [0.05, 0.1) is 16.4 Å². The molecule has 0 radical (unpaired) electrons. The van der Waals surface area contributed by atoms with Crippen molar-refractivity contribution in [2.45, 2.75) is 11.3 Å². The maximum atomic E-state index is 12.0. The summed E-state index contributed by atoms with van der Waals surface area (Å²) in [5.41, 5.74) is 0. The minimum absolute atomic E-state index is 0.0467. The molecule has 0 aromatic heterocycles. The molecule has 2 rings (SSSR count). The molecule has 19 heavy (non-hydrogen) atoms. The molecule has 0 amide bonds. The van der Waals surface area contributed by atoms with Crippen molar-refractivity contribution in [1.82, 2.24) is 4.72 Å². The fourth-order valence-electron chi connectivity index (χ4n) is 1.98. The first-order valence-electron chi connectivity index (χ1n) is 5.74. The fraction of sp³-hybridized carbons (Fsp3) is 0.455. The Kier molecular flexibility index (Phi) is 4.20. The Morgan fingerprint density at radius 3 is 2.68 bits per heavy atom. The lowest BCUT2D eigenvalue weighted by Crippen LogP contribution is -2.29. The van der Waals surface area contributed by atoms with Gasteiger partial charge in [-0.3, -0.25) is 0 Å². The first-order chi connectivity index (χ1) is 8.78. The molecular formula is C11H14ClNO4S2. The predicted octanol–water partition coefficient (Wildman–Crippen LogP) is 1.05. The van der Waals surface area contributed by atoms with E-state index in [2.05, 4.69) is 4.72 Å². The molecule has 1 fully saturated rings. The Balaban J connectivity index is 2.03. The van der Waals surface area contributed by atoms with Gasteiger partial charge >= 0.3 is 0 Å². The van der Waals surface area contributed by atoms with Crippen LogP contribution < -0.4 is 4.72 Å². The SMILES string of the molecule is O=S1(=O)CC[C@@H](CNS(=O)(=O)c2cccc(Cl)c2)C1. The first-order valence-corrected chi connectivity index (χ1v) is 9.42. The van der Waals surface area contributed by atoms with E-state index >= 15 is 0 Å². The molecule has 0 aliphatic carbocycles. The number of hydrogen-bond acceptors (Lipinski definition) is 4. The second-order valence-corrected chi connectivity index (χ2v) is 9.01. The molecule has 1 aliphatic rings. The van der Waals surface area contributed by atoms with E-state index in [9.17, 15) is 16.8 Å². The van der Waals surface area contributed by atoms with Crippen molar-refractivity contribution in [2.75, 3.05) is 18.1 Å². The van der Waals surface area contributed by atoms with Gasteiger partial charge in [-0.15, -0.1) is 0 Å². The second kappa shape index (κ2) is 5.40. The lowest BCUT2D eigenvalue weighted by molar-refractivity contribution is 0.543. The molecule has 0 unspecified atom stereocenters. The van der Waals surface area contributed by atoms with E-state index in [4.69, 9.17) is 11.6 Å². The first kappa shape index (κ1) is 14.8. The van der Waals surface area contributed by atoms with Crippen molar-refractivity contribution in [3.63, 3.8) is 0 Å². The standard InChI is InChI=1S/C11H14ClNO4S2/c12-10-2-1-3-11(6-10)19(16,17)13-7-9-4-5-18(14,15)8-9/h1-3,6,9,13H,4-5,7-8H2/t9-/m0/s1. The summed E-state index contributed by atoms with van der Waals surface area (Å²) in [5, 5.41) is 0.339. The highest BCUT2D eigenvalue weighted by molar-refractivity contribution is 7.91. The normalized spacial score (nSPS) is 22.5. The Morgan fingerprint density at radius 1 is 1.37 bits per heavy atom. The quantitative estimate of drug-likeness (QED) is 0.898. The van der Waals surface area contributed by atoms with Crippen LogP contribution in [0.2, 0.25) is 5.02 Å². The third-order valence-corrected chi connectivity index (χ3v) is 6.49. The van der Waals surface area contributed by atoms with Gasteiger partial charge in [0, 0.05) is 11.6 Å². The molecular weight excluding hydrogens is 310 g/mol. The highest BCUT2D eigenvalue weighted by atomic mass is 35.5. The zero-order valence-corrected chi connectivity index (χ0v) is 12.4. The highest BCUT2D eigenvalue weighted by Crippen LogP contribution is 2.19. The van der Waals surface area contributed by atoms with Crippen LogP contribution in [0.15, 0.2) is 29.2 Å². The van der Waals surface area contributed by atoms with E-state index in [-0.39, 0.29) is 28.9 Å². The molecule has 8 heteroatoms. The van der Waals surface area contributed by atoms with Crippen molar-refractivity contribution in [1.29, 1.82) is 0 Å². The van der Waals surface area contributed by atoms with Gasteiger partial charge in [-0.1, -0.05) is 17.7 Å². The minimum Gasteiger partial charge on any atom is -0.229 e. The third-order valence-electron chi connectivity index (χ3n) is 3.00. The van der Waals surface area contributed by atoms with Gasteiger partial charge in [0.25, 0.3) is 0 Å². The largest absolute Gasteiger partial charge is 0.240 e. The van der Waals surface area contributed by atoms with E-state index in [1.807, 2.05) is 0 Å². The summed E-state index contributed by atoms with van der Waals surface area (Å²) in [6.07, 6.45) is 0.500. The van der Waals surface area contributed by atoms with E-state index in [0.717, 1.165) is 0 Å². The van der Waals surface area contributed by atoms with Crippen molar-refractivity contribution < 1.29 is 16.8 Å². The molecule has 1 aliphatic heterocycles. The molecule has 0 spiro atoms. The van der Waals surface area contributed by atoms with Crippen LogP contribution in [0.25, 0.3) is 0 Å². The van der Waals surface area contributed by atoms with Gasteiger partial charge in [-0.05, 0) is 30.5 Å². The van der Waals surface area contributed by atoms with Gasteiger partial charge in [-0.2, -0.15) is 0 Å². The summed E-state index contributed by atoms with van der Waals surface area (Å²) in [4.78, 5) is 0.0841. The van der Waals surface area contributed by atoms with Gasteiger partial charge in [0.2, 0.25) is 10.0 Å². The van der Waals surface area contributed by atoms with Crippen LogP contribution in [0.1, 0.15) is 6.42 Å². The topological polar surface area (TPSA) is 80.3 Å². The van der Waals surface area contributed by atoms with Crippen LogP contribution in [0.5, 0.6) is 0 Å². The molecule has 0 saturated carbocycles. The van der Waals surface area contributed by atoms with Gasteiger partial charge < -0.3 is 0 Å². The number of halogens is 1. The maximum absolute atomic E-state index is 12.0. The van der Waals surface area contributed by atoms with Gasteiger partial charge in [-0.25, -0.2) is 21.6 Å². The van der Waals surface area contributed by atoms with E-state index in [1.165, 1.54) is 12.1 Å². The van der Waals surface area contributed by atoms with Crippen LogP contribution in [0.3, 0.4) is 0 Å². The summed E-state index contributed by atoms with van der Waals surface area (Å²) in [6.45, 7) is 0.133. The highest BCUT2D eigenvalue weighted by Gasteiger charge is 2.28. The Morgan fingerprint density at radius 2 is 2.11 bits per heavy atom. The van der Waals surface area contributed by atoms with Crippen LogP contribution in [-0.2, 0) is 19.9 Å². The molecule has 1 N–H and O–H groups in total. The number of nitrogens with one attached hydrogen (secondary N) is 1. The van der Waals surface area contributed by atoms with Crippen molar-refractivity contribution in [2.24, 2.45) is 5.92 Å². The number of benzene rings is 1. The summed E-state index contributed by atoms with van der Waals surface area (Å²) in [5.74, 6) is 0.0284. The Labute approximate surface area is 117 Å². The molecule has 1 aromatic rings. The maximum Gasteiger partial charge on any atom is 0.240 e. The van der Waals surface area contributed by atoms with E-state index in [1.54, 1.807) is 12.1 Å². The molecule has 5 nitrogen and oxygen atoms in total. The molecule has 0 bridgehead atoms. The van der Waals surface area contributed by atoms with Gasteiger partial charge in [0.15, 0.2) is 9.84 Å². The van der Waals surface area contributed by atoms with Crippen LogP contribution in [0.4, 0.5) is 0 Å². The second-order valence-electron chi connectivity index (χ2n) is 4.58. The van der Waals surface area contributed by atoms with Crippen LogP contribution in [-0.4, -0.2) is 34.9 Å². The number of sulfone groups is 1.